The van der Waals surface area contributed by atoms with Crippen LogP contribution >= 0.6 is 11.6 Å². The van der Waals surface area contributed by atoms with Gasteiger partial charge in [0.05, 0.1) is 22.5 Å². The summed E-state index contributed by atoms with van der Waals surface area (Å²) in [5, 5.41) is 3.42. The standard InChI is InChI=1S/C22H17ClN4O/c1-14-7-8-16(12-24-14)22(28)26-17-9-10-19(23)18(11-17)21-25-13-20(27-21)15-5-3-2-4-6-15/h2-13H,1H3,(H,25,27)(H,26,28). The molecule has 1 amide bonds. The minimum absolute atomic E-state index is 0.231. The van der Waals surface area contributed by atoms with E-state index in [1.807, 2.05) is 37.3 Å². The normalized spacial score (nSPS) is 10.6. The van der Waals surface area contributed by atoms with E-state index in [9.17, 15) is 4.79 Å². The van der Waals surface area contributed by atoms with E-state index < -0.39 is 0 Å². The fraction of sp³-hybridized carbons (Fsp3) is 0.0455. The van der Waals surface area contributed by atoms with E-state index in [-0.39, 0.29) is 5.91 Å². The van der Waals surface area contributed by atoms with Gasteiger partial charge in [0.2, 0.25) is 0 Å². The second-order valence-electron chi connectivity index (χ2n) is 6.35. The summed E-state index contributed by atoms with van der Waals surface area (Å²) in [7, 11) is 0. The number of H-pyrrole nitrogens is 1. The van der Waals surface area contributed by atoms with Crippen molar-refractivity contribution in [3.63, 3.8) is 0 Å². The van der Waals surface area contributed by atoms with Crippen LogP contribution in [0.1, 0.15) is 16.1 Å². The zero-order valence-electron chi connectivity index (χ0n) is 15.1. The van der Waals surface area contributed by atoms with Crippen LogP contribution in [0.25, 0.3) is 22.6 Å². The van der Waals surface area contributed by atoms with Gasteiger partial charge in [-0.1, -0.05) is 41.9 Å². The number of aryl methyl sites for hydroxylation is 1. The van der Waals surface area contributed by atoms with Gasteiger partial charge in [0.1, 0.15) is 5.82 Å². The Bertz CT molecular complexity index is 1120. The molecule has 0 atom stereocenters. The van der Waals surface area contributed by atoms with E-state index in [4.69, 9.17) is 11.6 Å². The van der Waals surface area contributed by atoms with Gasteiger partial charge in [-0.25, -0.2) is 4.98 Å². The third kappa shape index (κ3) is 3.80. The smallest absolute Gasteiger partial charge is 0.257 e. The van der Waals surface area contributed by atoms with Crippen LogP contribution in [0.3, 0.4) is 0 Å². The number of pyridine rings is 1. The number of aromatic amines is 1. The van der Waals surface area contributed by atoms with Crippen LogP contribution < -0.4 is 5.32 Å². The lowest BCUT2D eigenvalue weighted by molar-refractivity contribution is 0.102. The van der Waals surface area contributed by atoms with Gasteiger partial charge in [0, 0.05) is 23.1 Å². The number of halogens is 1. The maximum Gasteiger partial charge on any atom is 0.257 e. The Hall–Kier alpha value is -3.44. The molecule has 138 valence electrons. The molecule has 4 aromatic rings. The summed E-state index contributed by atoms with van der Waals surface area (Å²) >= 11 is 6.37. The van der Waals surface area contributed by atoms with E-state index in [2.05, 4.69) is 20.3 Å². The van der Waals surface area contributed by atoms with Gasteiger partial charge in [0.25, 0.3) is 5.91 Å². The number of hydrogen-bond acceptors (Lipinski definition) is 3. The number of carbonyl (C=O) groups is 1. The molecule has 0 saturated heterocycles. The Kier molecular flexibility index (Phi) is 4.91. The molecular formula is C22H17ClN4O. The molecule has 0 aliphatic carbocycles. The number of imidazole rings is 1. The van der Waals surface area contributed by atoms with Gasteiger partial charge in [-0.15, -0.1) is 0 Å². The maximum absolute atomic E-state index is 12.4. The molecule has 28 heavy (non-hydrogen) atoms. The van der Waals surface area contributed by atoms with Crippen LogP contribution in [-0.2, 0) is 0 Å². The fourth-order valence-corrected chi connectivity index (χ4v) is 3.02. The van der Waals surface area contributed by atoms with E-state index in [1.165, 1.54) is 0 Å². The first-order chi connectivity index (χ1) is 13.6. The number of benzene rings is 2. The van der Waals surface area contributed by atoms with Gasteiger partial charge < -0.3 is 10.3 Å². The molecule has 6 heteroatoms. The van der Waals surface area contributed by atoms with Crippen LogP contribution in [0.4, 0.5) is 5.69 Å². The zero-order valence-corrected chi connectivity index (χ0v) is 15.9. The second kappa shape index (κ2) is 7.66. The fourth-order valence-electron chi connectivity index (χ4n) is 2.81. The molecule has 0 aliphatic heterocycles. The Morgan fingerprint density at radius 2 is 1.82 bits per heavy atom. The van der Waals surface area contributed by atoms with Crippen molar-refractivity contribution in [1.29, 1.82) is 0 Å². The first kappa shape index (κ1) is 17.9. The highest BCUT2D eigenvalue weighted by atomic mass is 35.5. The quantitative estimate of drug-likeness (QED) is 0.494. The monoisotopic (exact) mass is 388 g/mol. The lowest BCUT2D eigenvalue weighted by atomic mass is 10.1. The van der Waals surface area contributed by atoms with Crippen LogP contribution in [0.5, 0.6) is 0 Å². The highest BCUT2D eigenvalue weighted by Gasteiger charge is 2.12. The molecule has 0 spiro atoms. The molecule has 2 aromatic heterocycles. The summed E-state index contributed by atoms with van der Waals surface area (Å²) < 4.78 is 0. The van der Waals surface area contributed by atoms with Crippen LogP contribution in [0, 0.1) is 6.92 Å². The number of aromatic nitrogens is 3. The Labute approximate surface area is 167 Å². The van der Waals surface area contributed by atoms with E-state index in [1.54, 1.807) is 42.7 Å². The molecule has 0 saturated carbocycles. The van der Waals surface area contributed by atoms with Gasteiger partial charge in [-0.3, -0.25) is 9.78 Å². The van der Waals surface area contributed by atoms with Crippen LogP contribution in [0.15, 0.2) is 73.1 Å². The first-order valence-electron chi connectivity index (χ1n) is 8.74. The third-order valence-corrected chi connectivity index (χ3v) is 4.64. The lowest BCUT2D eigenvalue weighted by Crippen LogP contribution is -2.12. The van der Waals surface area contributed by atoms with E-state index in [0.29, 0.717) is 27.7 Å². The molecule has 0 bridgehead atoms. The zero-order chi connectivity index (χ0) is 19.5. The molecule has 0 unspecified atom stereocenters. The van der Waals surface area contributed by atoms with Crippen molar-refractivity contribution in [2.24, 2.45) is 0 Å². The van der Waals surface area contributed by atoms with Crippen LogP contribution in [-0.4, -0.2) is 20.9 Å². The highest BCUT2D eigenvalue weighted by molar-refractivity contribution is 6.33. The summed E-state index contributed by atoms with van der Waals surface area (Å²) in [6, 6.07) is 18.8. The third-order valence-electron chi connectivity index (χ3n) is 4.31. The molecule has 2 heterocycles. The number of nitrogens with one attached hydrogen (secondary N) is 2. The lowest BCUT2D eigenvalue weighted by Gasteiger charge is -2.08. The number of carbonyl (C=O) groups excluding carboxylic acids is 1. The Balaban J connectivity index is 1.60. The van der Waals surface area contributed by atoms with Crippen molar-refractivity contribution in [2.45, 2.75) is 6.92 Å². The average Bonchev–Trinajstić information content (AvgIpc) is 3.20. The van der Waals surface area contributed by atoms with Gasteiger partial charge in [0.15, 0.2) is 0 Å². The van der Waals surface area contributed by atoms with Crippen molar-refractivity contribution in [3.8, 4) is 22.6 Å². The predicted molar refractivity (Wildman–Crippen MR) is 111 cm³/mol. The van der Waals surface area contributed by atoms with Crippen molar-refractivity contribution < 1.29 is 4.79 Å². The minimum atomic E-state index is -0.231. The minimum Gasteiger partial charge on any atom is -0.338 e. The molecule has 2 aromatic carbocycles. The molecule has 2 N–H and O–H groups in total. The SMILES string of the molecule is Cc1ccc(C(=O)Nc2ccc(Cl)c(-c3ncc(-c4ccccc4)[nH]3)c2)cn1. The topological polar surface area (TPSA) is 70.7 Å². The molecule has 0 radical (unpaired) electrons. The first-order valence-corrected chi connectivity index (χ1v) is 9.12. The summed E-state index contributed by atoms with van der Waals surface area (Å²) in [4.78, 5) is 24.3. The van der Waals surface area contributed by atoms with Crippen molar-refractivity contribution in [3.05, 3.63) is 89.3 Å². The number of anilines is 1. The van der Waals surface area contributed by atoms with Crippen molar-refractivity contribution >= 4 is 23.2 Å². The predicted octanol–water partition coefficient (Wildman–Crippen LogP) is 5.35. The van der Waals surface area contributed by atoms with Gasteiger partial charge >= 0.3 is 0 Å². The number of nitrogens with zero attached hydrogens (tertiary/aromatic N) is 2. The summed E-state index contributed by atoms with van der Waals surface area (Å²) in [5.74, 6) is 0.405. The second-order valence-corrected chi connectivity index (χ2v) is 6.76. The van der Waals surface area contributed by atoms with Gasteiger partial charge in [-0.2, -0.15) is 0 Å². The van der Waals surface area contributed by atoms with Crippen LogP contribution in [0.2, 0.25) is 5.02 Å². The Morgan fingerprint density at radius 1 is 1.00 bits per heavy atom. The number of rotatable bonds is 4. The number of amides is 1. The molecule has 0 aliphatic rings. The largest absolute Gasteiger partial charge is 0.338 e. The van der Waals surface area contributed by atoms with Crippen molar-refractivity contribution in [2.75, 3.05) is 5.32 Å². The average molecular weight is 389 g/mol. The molecule has 4 rings (SSSR count). The summed E-state index contributed by atoms with van der Waals surface area (Å²) in [5.41, 5.74) is 4.62. The summed E-state index contributed by atoms with van der Waals surface area (Å²) in [6.45, 7) is 1.88. The Morgan fingerprint density at radius 3 is 2.57 bits per heavy atom. The number of hydrogen-bond donors (Lipinski definition) is 2. The highest BCUT2D eigenvalue weighted by Crippen LogP contribution is 2.30. The molecule has 0 fully saturated rings. The van der Waals surface area contributed by atoms with Crippen molar-refractivity contribution in [1.82, 2.24) is 15.0 Å². The summed E-state index contributed by atoms with van der Waals surface area (Å²) in [6.07, 6.45) is 3.32. The van der Waals surface area contributed by atoms with Gasteiger partial charge in [-0.05, 0) is 42.8 Å². The molecule has 5 nitrogen and oxygen atoms in total. The van der Waals surface area contributed by atoms with E-state index in [0.717, 1.165) is 17.0 Å². The molecular weight excluding hydrogens is 372 g/mol. The van der Waals surface area contributed by atoms with E-state index >= 15 is 0 Å². The maximum atomic E-state index is 12.4.